The summed E-state index contributed by atoms with van der Waals surface area (Å²) in [6, 6.07) is 0. The summed E-state index contributed by atoms with van der Waals surface area (Å²) in [7, 11) is -16.6. The standard InChI is InChI=1S/C10H16N5O12P3S/c11-8-5-9(13-2-12-8)15(3-14-5)10-7(31)6(16)4(25-10)1-24-29(20,21)27-30(22,23)26-28(17,18)19/h2-4,6-7,10,16,31H,1H2,(H,20,21)(H,22,23)(H2,11,12,13)(H2,17,18,19)/t4-,6-,7-,10-/m1/s1. The van der Waals surface area contributed by atoms with Crippen LogP contribution in [0.25, 0.3) is 11.2 Å². The highest BCUT2D eigenvalue weighted by Gasteiger charge is 2.46. The summed E-state index contributed by atoms with van der Waals surface area (Å²) in [4.78, 5) is 47.5. The van der Waals surface area contributed by atoms with Gasteiger partial charge in [-0.1, -0.05) is 0 Å². The Hall–Kier alpha value is -0.970. The Morgan fingerprint density at radius 2 is 1.81 bits per heavy atom. The number of phosphoric acid groups is 3. The SMILES string of the molecule is Nc1ncnc2c1ncn2[C@@H]1O[C@H](COP(=O)(O)OP(=O)(O)OP(=O)(O)O)[C@@H](O)[C@H]1S. The van der Waals surface area contributed by atoms with Gasteiger partial charge in [0.15, 0.2) is 17.7 Å². The van der Waals surface area contributed by atoms with Crippen molar-refractivity contribution in [3.8, 4) is 0 Å². The van der Waals surface area contributed by atoms with E-state index in [0.717, 1.165) is 0 Å². The highest BCUT2D eigenvalue weighted by atomic mass is 32.1. The van der Waals surface area contributed by atoms with E-state index in [1.165, 1.54) is 17.2 Å². The fourth-order valence-electron chi connectivity index (χ4n) is 2.62. The third-order valence-electron chi connectivity index (χ3n) is 3.82. The molecule has 1 aliphatic rings. The lowest BCUT2D eigenvalue weighted by Gasteiger charge is -2.19. The van der Waals surface area contributed by atoms with Gasteiger partial charge >= 0.3 is 23.5 Å². The van der Waals surface area contributed by atoms with Crippen molar-refractivity contribution in [2.75, 3.05) is 12.3 Å². The molecular weight excluding hydrogens is 507 g/mol. The zero-order valence-corrected chi connectivity index (χ0v) is 18.5. The van der Waals surface area contributed by atoms with Crippen molar-refractivity contribution in [3.63, 3.8) is 0 Å². The number of aromatic nitrogens is 4. The number of thiol groups is 1. The van der Waals surface area contributed by atoms with Crippen LogP contribution in [-0.4, -0.2) is 68.3 Å². The number of fused-ring (bicyclic) bond motifs is 1. The third kappa shape index (κ3) is 5.89. The molecule has 174 valence electrons. The Morgan fingerprint density at radius 3 is 2.45 bits per heavy atom. The highest BCUT2D eigenvalue weighted by molar-refractivity contribution is 7.81. The van der Waals surface area contributed by atoms with Crippen LogP contribution < -0.4 is 5.73 Å². The molecule has 1 fully saturated rings. The van der Waals surface area contributed by atoms with E-state index in [-0.39, 0.29) is 17.0 Å². The van der Waals surface area contributed by atoms with Gasteiger partial charge in [0.2, 0.25) is 0 Å². The highest BCUT2D eigenvalue weighted by Crippen LogP contribution is 2.66. The molecule has 21 heteroatoms. The number of nitrogen functional groups attached to an aromatic ring is 1. The first-order chi connectivity index (χ1) is 14.2. The number of imidazole rings is 1. The summed E-state index contributed by atoms with van der Waals surface area (Å²) < 4.78 is 52.5. The van der Waals surface area contributed by atoms with Crippen molar-refractivity contribution in [2.45, 2.75) is 23.7 Å². The lowest BCUT2D eigenvalue weighted by Crippen LogP contribution is -2.30. The summed E-state index contributed by atoms with van der Waals surface area (Å²) >= 11 is 4.25. The predicted molar refractivity (Wildman–Crippen MR) is 102 cm³/mol. The Kier molecular flexibility index (Phi) is 6.97. The Labute approximate surface area is 178 Å². The Morgan fingerprint density at radius 1 is 1.13 bits per heavy atom. The number of nitrogens with zero attached hydrogens (tertiary/aromatic N) is 4. The zero-order valence-electron chi connectivity index (χ0n) is 14.9. The topological polar surface area (TPSA) is 259 Å². The lowest BCUT2D eigenvalue weighted by molar-refractivity contribution is -0.0421. The van der Waals surface area contributed by atoms with E-state index in [1.54, 1.807) is 0 Å². The summed E-state index contributed by atoms with van der Waals surface area (Å²) in [6.07, 6.45) is -1.14. The van der Waals surface area contributed by atoms with Crippen LogP contribution in [0.1, 0.15) is 6.23 Å². The number of ether oxygens (including phenoxy) is 1. The number of rotatable bonds is 8. The average Bonchev–Trinajstić information content (AvgIpc) is 3.13. The van der Waals surface area contributed by atoms with Gasteiger partial charge in [-0.25, -0.2) is 28.6 Å². The fraction of sp³-hybridized carbons (Fsp3) is 0.500. The molecule has 0 aromatic carbocycles. The second-order valence-corrected chi connectivity index (χ2v) is 11.0. The molecule has 0 amide bonds. The Bertz CT molecular complexity index is 1110. The molecule has 2 aromatic rings. The maximum Gasteiger partial charge on any atom is 0.490 e. The second kappa shape index (κ2) is 8.76. The van der Waals surface area contributed by atoms with Gasteiger partial charge in [0.25, 0.3) is 0 Å². The average molecular weight is 523 g/mol. The third-order valence-corrected chi connectivity index (χ3v) is 8.18. The van der Waals surface area contributed by atoms with E-state index < -0.39 is 53.8 Å². The molecule has 6 atom stereocenters. The van der Waals surface area contributed by atoms with Gasteiger partial charge in [0.1, 0.15) is 17.9 Å². The largest absolute Gasteiger partial charge is 0.490 e. The maximum absolute atomic E-state index is 11.8. The Balaban J connectivity index is 1.69. The summed E-state index contributed by atoms with van der Waals surface area (Å²) in [5.74, 6) is 0.0993. The molecule has 0 bridgehead atoms. The van der Waals surface area contributed by atoms with Crippen LogP contribution in [0.2, 0.25) is 0 Å². The van der Waals surface area contributed by atoms with Crippen molar-refractivity contribution in [2.24, 2.45) is 0 Å². The summed E-state index contributed by atoms with van der Waals surface area (Å²) in [5.41, 5.74) is 6.23. The van der Waals surface area contributed by atoms with E-state index in [2.05, 4.69) is 40.7 Å². The minimum Gasteiger partial charge on any atom is -0.389 e. The molecule has 3 heterocycles. The maximum atomic E-state index is 11.8. The van der Waals surface area contributed by atoms with Gasteiger partial charge in [0.05, 0.1) is 24.3 Å². The molecular formula is C10H16N5O12P3S. The van der Waals surface area contributed by atoms with E-state index in [9.17, 15) is 23.7 Å². The van der Waals surface area contributed by atoms with Crippen LogP contribution in [0.3, 0.4) is 0 Å². The van der Waals surface area contributed by atoms with Gasteiger partial charge in [-0.3, -0.25) is 9.09 Å². The number of nitrogens with two attached hydrogens (primary N) is 1. The van der Waals surface area contributed by atoms with Gasteiger partial charge < -0.3 is 35.2 Å². The van der Waals surface area contributed by atoms with Crippen molar-refractivity contribution < 1.29 is 56.3 Å². The molecule has 0 aliphatic carbocycles. The fourth-order valence-corrected chi connectivity index (χ4v) is 6.06. The van der Waals surface area contributed by atoms with E-state index in [4.69, 9.17) is 25.2 Å². The molecule has 2 unspecified atom stereocenters. The van der Waals surface area contributed by atoms with Crippen molar-refractivity contribution in [1.82, 2.24) is 19.5 Å². The first-order valence-corrected chi connectivity index (χ1v) is 13.0. The monoisotopic (exact) mass is 523 g/mol. The van der Waals surface area contributed by atoms with Crippen LogP contribution in [0.15, 0.2) is 12.7 Å². The van der Waals surface area contributed by atoms with Crippen LogP contribution in [0.4, 0.5) is 5.82 Å². The molecule has 17 nitrogen and oxygen atoms in total. The van der Waals surface area contributed by atoms with E-state index >= 15 is 0 Å². The molecule has 3 rings (SSSR count). The van der Waals surface area contributed by atoms with E-state index in [1.807, 2.05) is 0 Å². The molecule has 2 aromatic heterocycles. The van der Waals surface area contributed by atoms with Crippen LogP contribution in [0.5, 0.6) is 0 Å². The minimum atomic E-state index is -5.67. The quantitative estimate of drug-likeness (QED) is 0.167. The molecule has 7 N–H and O–H groups in total. The van der Waals surface area contributed by atoms with Crippen molar-refractivity contribution in [1.29, 1.82) is 0 Å². The van der Waals surface area contributed by atoms with Crippen molar-refractivity contribution in [3.05, 3.63) is 12.7 Å². The number of anilines is 1. The second-order valence-electron chi connectivity index (χ2n) is 6.02. The molecule has 0 radical (unpaired) electrons. The molecule has 0 spiro atoms. The number of aliphatic hydroxyl groups excluding tert-OH is 1. The number of hydrogen-bond donors (Lipinski definition) is 7. The van der Waals surface area contributed by atoms with Gasteiger partial charge in [-0.15, -0.1) is 0 Å². The summed E-state index contributed by atoms with van der Waals surface area (Å²) in [5, 5.41) is 9.42. The van der Waals surface area contributed by atoms with Gasteiger partial charge in [-0.05, 0) is 0 Å². The molecule has 31 heavy (non-hydrogen) atoms. The smallest absolute Gasteiger partial charge is 0.389 e. The van der Waals surface area contributed by atoms with Crippen molar-refractivity contribution >= 4 is 53.1 Å². The zero-order chi connectivity index (χ0) is 23.2. The molecule has 1 aliphatic heterocycles. The molecule has 0 saturated carbocycles. The van der Waals surface area contributed by atoms with Gasteiger partial charge in [0, 0.05) is 0 Å². The predicted octanol–water partition coefficient (Wildman–Crippen LogP) is -0.692. The van der Waals surface area contributed by atoms with E-state index in [0.29, 0.717) is 0 Å². The van der Waals surface area contributed by atoms with Crippen LogP contribution >= 0.6 is 36.1 Å². The van der Waals surface area contributed by atoms with Crippen LogP contribution in [0, 0.1) is 0 Å². The summed E-state index contributed by atoms with van der Waals surface area (Å²) in [6.45, 7) is -0.845. The first-order valence-electron chi connectivity index (χ1n) is 7.92. The number of aliphatic hydroxyl groups is 1. The first kappa shape index (κ1) is 24.7. The lowest BCUT2D eigenvalue weighted by atomic mass is 10.2. The normalized spacial score (nSPS) is 28.5. The minimum absolute atomic E-state index is 0.0993. The number of phosphoric ester groups is 1. The number of hydrogen-bond acceptors (Lipinski definition) is 13. The van der Waals surface area contributed by atoms with Gasteiger partial charge in [-0.2, -0.15) is 21.3 Å². The van der Waals surface area contributed by atoms with Crippen LogP contribution in [-0.2, 0) is 31.6 Å². The molecule has 1 saturated heterocycles.